The summed E-state index contributed by atoms with van der Waals surface area (Å²) in [5.41, 5.74) is 0. The summed E-state index contributed by atoms with van der Waals surface area (Å²) >= 11 is 0. The van der Waals surface area contributed by atoms with E-state index in [4.69, 9.17) is 24.2 Å². The minimum Gasteiger partial charge on any atom is -0.462 e. The zero-order valence-electron chi connectivity index (χ0n) is 15.9. The molecule has 3 N–H and O–H groups in total. The minimum absolute atomic E-state index is 0.159. The summed E-state index contributed by atoms with van der Waals surface area (Å²) in [7, 11) is -4.55. The largest absolute Gasteiger partial charge is 0.472 e. The molecule has 160 valence electrons. The summed E-state index contributed by atoms with van der Waals surface area (Å²) < 4.78 is 31.1. The Hall–Kier alpha value is -1.03. The van der Waals surface area contributed by atoms with Gasteiger partial charge in [-0.1, -0.05) is 26.7 Å². The molecule has 0 amide bonds. The molecule has 10 nitrogen and oxygen atoms in total. The first kappa shape index (κ1) is 26.0. The van der Waals surface area contributed by atoms with Crippen molar-refractivity contribution in [1.82, 2.24) is 0 Å². The first-order valence-corrected chi connectivity index (χ1v) is 10.5. The molecule has 0 spiro atoms. The van der Waals surface area contributed by atoms with Gasteiger partial charge in [-0.25, -0.2) is 4.57 Å². The molecule has 0 aromatic rings. The monoisotopic (exact) mass is 414 g/mol. The van der Waals surface area contributed by atoms with Gasteiger partial charge in [0.25, 0.3) is 0 Å². The van der Waals surface area contributed by atoms with Crippen molar-refractivity contribution in [3.8, 4) is 0 Å². The van der Waals surface area contributed by atoms with Crippen LogP contribution in [0.3, 0.4) is 0 Å². The molecule has 0 aromatic carbocycles. The number of phosphoric acid groups is 1. The second-order valence-corrected chi connectivity index (χ2v) is 7.35. The molecule has 1 unspecified atom stereocenters. The van der Waals surface area contributed by atoms with Crippen molar-refractivity contribution in [1.29, 1.82) is 0 Å². The molecule has 0 fully saturated rings. The van der Waals surface area contributed by atoms with E-state index < -0.39 is 51.8 Å². The van der Waals surface area contributed by atoms with E-state index in [2.05, 4.69) is 4.52 Å². The number of aliphatic hydroxyl groups is 2. The second-order valence-electron chi connectivity index (χ2n) is 5.90. The van der Waals surface area contributed by atoms with Crippen molar-refractivity contribution >= 4 is 19.8 Å². The van der Waals surface area contributed by atoms with E-state index in [9.17, 15) is 19.0 Å². The van der Waals surface area contributed by atoms with E-state index in [1.807, 2.05) is 13.8 Å². The number of carbonyl (C=O) groups excluding carboxylic acids is 2. The maximum absolute atomic E-state index is 11.8. The van der Waals surface area contributed by atoms with Crippen LogP contribution >= 0.6 is 7.82 Å². The van der Waals surface area contributed by atoms with Crippen LogP contribution in [0.25, 0.3) is 0 Å². The minimum atomic E-state index is -4.55. The van der Waals surface area contributed by atoms with Gasteiger partial charge in [0.15, 0.2) is 6.10 Å². The fourth-order valence-corrected chi connectivity index (χ4v) is 2.50. The standard InChI is InChI=1S/C16H31O10P/c1-3-5-7-15(19)23-11-14(26-16(20)8-6-4-2)12-25-27(21,22)24-10-13(18)9-17/h13-14,17-18H,3-12H2,1-2H3,(H,21,22)/t13-,14+/m0/s1. The number of unbranched alkanes of at least 4 members (excludes halogenated alkanes) is 2. The Morgan fingerprint density at radius 2 is 1.52 bits per heavy atom. The third-order valence-electron chi connectivity index (χ3n) is 3.26. The summed E-state index contributed by atoms with van der Waals surface area (Å²) in [6.07, 6.45) is 0.837. The van der Waals surface area contributed by atoms with Gasteiger partial charge in [-0.3, -0.25) is 18.6 Å². The van der Waals surface area contributed by atoms with Crippen molar-refractivity contribution in [3.63, 3.8) is 0 Å². The normalized spacial score (nSPS) is 15.6. The summed E-state index contributed by atoms with van der Waals surface area (Å²) in [6.45, 7) is 1.71. The molecule has 0 aliphatic heterocycles. The molecule has 0 aromatic heterocycles. The number of hydrogen-bond donors (Lipinski definition) is 3. The third kappa shape index (κ3) is 14.7. The molecule has 0 saturated carbocycles. The fraction of sp³-hybridized carbons (Fsp3) is 0.875. The summed E-state index contributed by atoms with van der Waals surface area (Å²) in [6, 6.07) is 0. The highest BCUT2D eigenvalue weighted by molar-refractivity contribution is 7.47. The Balaban J connectivity index is 4.60. The lowest BCUT2D eigenvalue weighted by Crippen LogP contribution is -2.29. The van der Waals surface area contributed by atoms with Gasteiger partial charge in [0, 0.05) is 12.8 Å². The molecule has 0 heterocycles. The molecule has 0 rings (SSSR count). The van der Waals surface area contributed by atoms with Gasteiger partial charge in [-0.2, -0.15) is 0 Å². The van der Waals surface area contributed by atoms with Gasteiger partial charge in [0.05, 0.1) is 19.8 Å². The summed E-state index contributed by atoms with van der Waals surface area (Å²) in [4.78, 5) is 32.9. The average molecular weight is 414 g/mol. The number of phosphoric ester groups is 1. The van der Waals surface area contributed by atoms with E-state index in [-0.39, 0.29) is 19.4 Å². The van der Waals surface area contributed by atoms with Gasteiger partial charge in [-0.05, 0) is 12.8 Å². The molecular formula is C16H31O10P. The maximum atomic E-state index is 11.8. The quantitative estimate of drug-likeness (QED) is 0.249. The van der Waals surface area contributed by atoms with Crippen molar-refractivity contribution in [2.75, 3.05) is 26.4 Å². The van der Waals surface area contributed by atoms with Gasteiger partial charge < -0.3 is 24.6 Å². The summed E-state index contributed by atoms with van der Waals surface area (Å²) in [5.74, 6) is -1.01. The lowest BCUT2D eigenvalue weighted by atomic mass is 10.2. The Morgan fingerprint density at radius 3 is 2.07 bits per heavy atom. The van der Waals surface area contributed by atoms with Crippen LogP contribution in [-0.4, -0.2) is 65.7 Å². The smallest absolute Gasteiger partial charge is 0.462 e. The van der Waals surface area contributed by atoms with E-state index in [1.54, 1.807) is 0 Å². The Kier molecular flexibility index (Phi) is 14.4. The van der Waals surface area contributed by atoms with Crippen molar-refractivity contribution in [2.45, 2.75) is 64.6 Å². The zero-order valence-corrected chi connectivity index (χ0v) is 16.8. The van der Waals surface area contributed by atoms with Crippen LogP contribution in [-0.2, 0) is 32.7 Å². The molecule has 27 heavy (non-hydrogen) atoms. The lowest BCUT2D eigenvalue weighted by Gasteiger charge is -2.20. The van der Waals surface area contributed by atoms with E-state index in [0.717, 1.165) is 12.8 Å². The van der Waals surface area contributed by atoms with E-state index >= 15 is 0 Å². The zero-order chi connectivity index (χ0) is 20.7. The van der Waals surface area contributed by atoms with E-state index in [1.165, 1.54) is 0 Å². The number of esters is 2. The van der Waals surface area contributed by atoms with Crippen LogP contribution in [0.5, 0.6) is 0 Å². The van der Waals surface area contributed by atoms with E-state index in [0.29, 0.717) is 12.8 Å². The highest BCUT2D eigenvalue weighted by Crippen LogP contribution is 2.43. The van der Waals surface area contributed by atoms with Crippen LogP contribution in [0.15, 0.2) is 0 Å². The van der Waals surface area contributed by atoms with Crippen LogP contribution in [0.1, 0.15) is 52.4 Å². The lowest BCUT2D eigenvalue weighted by molar-refractivity contribution is -0.161. The second kappa shape index (κ2) is 15.0. The Morgan fingerprint density at radius 1 is 0.963 bits per heavy atom. The van der Waals surface area contributed by atoms with Gasteiger partial charge in [0.2, 0.25) is 0 Å². The maximum Gasteiger partial charge on any atom is 0.472 e. The molecule has 0 bridgehead atoms. The highest BCUT2D eigenvalue weighted by atomic mass is 31.2. The van der Waals surface area contributed by atoms with Crippen molar-refractivity contribution in [3.05, 3.63) is 0 Å². The number of hydrogen-bond acceptors (Lipinski definition) is 9. The van der Waals surface area contributed by atoms with Crippen molar-refractivity contribution in [2.24, 2.45) is 0 Å². The third-order valence-corrected chi connectivity index (χ3v) is 4.21. The first-order valence-electron chi connectivity index (χ1n) is 8.99. The van der Waals surface area contributed by atoms with Gasteiger partial charge >= 0.3 is 19.8 Å². The van der Waals surface area contributed by atoms with Crippen LogP contribution in [0.4, 0.5) is 0 Å². The number of aliphatic hydroxyl groups excluding tert-OH is 2. The first-order chi connectivity index (χ1) is 12.7. The molecule has 0 saturated heterocycles. The average Bonchev–Trinajstić information content (AvgIpc) is 2.64. The molecular weight excluding hydrogens is 383 g/mol. The number of ether oxygens (including phenoxy) is 2. The highest BCUT2D eigenvalue weighted by Gasteiger charge is 2.27. The molecule has 0 aliphatic carbocycles. The SMILES string of the molecule is CCCCC(=O)OC[C@H](COP(=O)(O)OC[C@@H](O)CO)OC(=O)CCCC. The van der Waals surface area contributed by atoms with Crippen LogP contribution in [0.2, 0.25) is 0 Å². The molecule has 0 radical (unpaired) electrons. The Bertz CT molecular complexity index is 470. The Labute approximate surface area is 159 Å². The molecule has 0 aliphatic rings. The molecule has 3 atom stereocenters. The van der Waals surface area contributed by atoms with Gasteiger partial charge in [0.1, 0.15) is 12.7 Å². The topological polar surface area (TPSA) is 149 Å². The predicted molar refractivity (Wildman–Crippen MR) is 94.7 cm³/mol. The number of carbonyl (C=O) groups is 2. The number of rotatable bonds is 16. The predicted octanol–water partition coefficient (Wildman–Crippen LogP) is 1.31. The van der Waals surface area contributed by atoms with Crippen LogP contribution < -0.4 is 0 Å². The fourth-order valence-electron chi connectivity index (χ4n) is 1.71. The van der Waals surface area contributed by atoms with Crippen molar-refractivity contribution < 1.29 is 47.8 Å². The van der Waals surface area contributed by atoms with Gasteiger partial charge in [-0.15, -0.1) is 0 Å². The summed E-state index contributed by atoms with van der Waals surface area (Å²) in [5, 5.41) is 17.8. The van der Waals surface area contributed by atoms with Crippen LogP contribution in [0, 0.1) is 0 Å². The molecule has 11 heteroatoms.